The highest BCUT2D eigenvalue weighted by atomic mass is 16.5. The van der Waals surface area contributed by atoms with Gasteiger partial charge in [0, 0.05) is 18.0 Å². The Morgan fingerprint density at radius 3 is 2.54 bits per heavy atom. The highest BCUT2D eigenvalue weighted by molar-refractivity contribution is 5.90. The first-order chi connectivity index (χ1) is 17.1. The number of fused-ring (bicyclic) bond motifs is 1. The van der Waals surface area contributed by atoms with E-state index in [4.69, 9.17) is 9.47 Å². The minimum atomic E-state index is -0.578. The summed E-state index contributed by atoms with van der Waals surface area (Å²) in [7, 11) is 1.62. The summed E-state index contributed by atoms with van der Waals surface area (Å²) in [5.74, 6) is 1.04. The number of methoxy groups -OCH3 is 1. The molecular formula is C29H34N2O4. The number of hydrogen-bond donors (Lipinski definition) is 1. The Balaban J connectivity index is 1.55. The topological polar surface area (TPSA) is 67.9 Å². The van der Waals surface area contributed by atoms with Crippen LogP contribution in [0.3, 0.4) is 0 Å². The summed E-state index contributed by atoms with van der Waals surface area (Å²) in [6, 6.07) is 20.9. The third kappa shape index (κ3) is 6.13. The predicted molar refractivity (Wildman–Crippen MR) is 137 cm³/mol. The number of benzene rings is 3. The first-order valence-electron chi connectivity index (χ1n) is 12.4. The maximum Gasteiger partial charge on any atom is 0.261 e. The zero-order valence-electron chi connectivity index (χ0n) is 20.5. The molecule has 0 bridgehead atoms. The minimum Gasteiger partial charge on any atom is -0.497 e. The molecule has 6 nitrogen and oxygen atoms in total. The largest absolute Gasteiger partial charge is 0.497 e. The van der Waals surface area contributed by atoms with Crippen molar-refractivity contribution in [3.8, 4) is 11.5 Å². The molecule has 1 N–H and O–H groups in total. The molecule has 4 rings (SSSR count). The van der Waals surface area contributed by atoms with Gasteiger partial charge in [-0.2, -0.15) is 0 Å². The van der Waals surface area contributed by atoms with E-state index in [2.05, 4.69) is 5.32 Å². The van der Waals surface area contributed by atoms with E-state index in [1.165, 1.54) is 0 Å². The summed E-state index contributed by atoms with van der Waals surface area (Å²) in [5.41, 5.74) is 0.898. The zero-order valence-corrected chi connectivity index (χ0v) is 20.5. The molecule has 2 amide bonds. The lowest BCUT2D eigenvalue weighted by atomic mass is 10.1. The molecule has 6 heteroatoms. The fourth-order valence-corrected chi connectivity index (χ4v) is 4.80. The molecule has 1 aliphatic carbocycles. The van der Waals surface area contributed by atoms with Crippen molar-refractivity contribution >= 4 is 22.6 Å². The van der Waals surface area contributed by atoms with Gasteiger partial charge >= 0.3 is 0 Å². The number of nitrogens with one attached hydrogen (secondary N) is 1. The zero-order chi connectivity index (χ0) is 24.6. The monoisotopic (exact) mass is 474 g/mol. The third-order valence-corrected chi connectivity index (χ3v) is 6.68. The first-order valence-corrected chi connectivity index (χ1v) is 12.4. The van der Waals surface area contributed by atoms with E-state index in [-0.39, 0.29) is 24.5 Å². The highest BCUT2D eigenvalue weighted by Gasteiger charge is 2.31. The molecule has 0 aromatic heterocycles. The molecule has 3 aromatic rings. The molecule has 0 saturated heterocycles. The van der Waals surface area contributed by atoms with Gasteiger partial charge in [-0.1, -0.05) is 68.3 Å². The number of amides is 2. The second-order valence-corrected chi connectivity index (χ2v) is 9.05. The van der Waals surface area contributed by atoms with Crippen LogP contribution in [-0.4, -0.2) is 42.5 Å². The second-order valence-electron chi connectivity index (χ2n) is 9.05. The molecule has 184 valence electrons. The van der Waals surface area contributed by atoms with Gasteiger partial charge in [0.15, 0.2) is 6.61 Å². The Kier molecular flexibility index (Phi) is 8.24. The molecule has 0 radical (unpaired) electrons. The van der Waals surface area contributed by atoms with Crippen LogP contribution in [0.1, 0.15) is 44.6 Å². The molecule has 0 aliphatic heterocycles. The summed E-state index contributed by atoms with van der Waals surface area (Å²) in [6.45, 7) is 2.09. The van der Waals surface area contributed by atoms with Crippen LogP contribution in [0.2, 0.25) is 0 Å². The smallest absolute Gasteiger partial charge is 0.261 e. The minimum absolute atomic E-state index is 0.0965. The molecule has 3 aromatic carbocycles. The van der Waals surface area contributed by atoms with Crippen molar-refractivity contribution in [3.63, 3.8) is 0 Å². The average Bonchev–Trinajstić information content (AvgIpc) is 3.40. The maximum absolute atomic E-state index is 13.5. The van der Waals surface area contributed by atoms with Crippen LogP contribution in [0.15, 0.2) is 66.7 Å². The van der Waals surface area contributed by atoms with Crippen molar-refractivity contribution in [1.29, 1.82) is 0 Å². The number of hydrogen-bond acceptors (Lipinski definition) is 4. The number of nitrogens with zero attached hydrogens (tertiary/aromatic N) is 1. The van der Waals surface area contributed by atoms with Gasteiger partial charge in [-0.3, -0.25) is 9.59 Å². The Labute approximate surface area is 207 Å². The van der Waals surface area contributed by atoms with Crippen LogP contribution in [0.4, 0.5) is 0 Å². The molecule has 0 spiro atoms. The fourth-order valence-electron chi connectivity index (χ4n) is 4.80. The molecule has 0 heterocycles. The fraction of sp³-hybridized carbons (Fsp3) is 0.379. The standard InChI is InChI=1S/C29H34N2O4/c1-3-26(29(33)30-23-13-5-6-14-23)31(19-21-10-8-15-24(18-21)34-2)28(32)20-35-27-17-9-12-22-11-4-7-16-25(22)27/h4,7-12,15-18,23,26H,3,5-6,13-14,19-20H2,1-2H3,(H,30,33). The Morgan fingerprint density at radius 2 is 1.77 bits per heavy atom. The highest BCUT2D eigenvalue weighted by Crippen LogP contribution is 2.26. The SMILES string of the molecule is CCC(C(=O)NC1CCCC1)N(Cc1cccc(OC)c1)C(=O)COc1cccc2ccccc12. The summed E-state index contributed by atoms with van der Waals surface area (Å²) in [4.78, 5) is 28.5. The van der Waals surface area contributed by atoms with Crippen LogP contribution in [-0.2, 0) is 16.1 Å². The van der Waals surface area contributed by atoms with Crippen molar-refractivity contribution in [2.24, 2.45) is 0 Å². The van der Waals surface area contributed by atoms with Crippen molar-refractivity contribution in [1.82, 2.24) is 10.2 Å². The molecule has 1 aliphatic rings. The molecule has 1 atom stereocenters. The Morgan fingerprint density at radius 1 is 1.03 bits per heavy atom. The van der Waals surface area contributed by atoms with Crippen molar-refractivity contribution < 1.29 is 19.1 Å². The van der Waals surface area contributed by atoms with Gasteiger partial charge in [0.1, 0.15) is 17.5 Å². The summed E-state index contributed by atoms with van der Waals surface area (Å²) in [6.07, 6.45) is 4.77. The van der Waals surface area contributed by atoms with Gasteiger partial charge < -0.3 is 19.7 Å². The van der Waals surface area contributed by atoms with Gasteiger partial charge in [0.05, 0.1) is 7.11 Å². The lowest BCUT2D eigenvalue weighted by Gasteiger charge is -2.31. The molecule has 35 heavy (non-hydrogen) atoms. The van der Waals surface area contributed by atoms with Crippen molar-refractivity contribution in [2.45, 2.75) is 57.7 Å². The lowest BCUT2D eigenvalue weighted by molar-refractivity contribution is -0.143. The lowest BCUT2D eigenvalue weighted by Crippen LogP contribution is -2.52. The van der Waals surface area contributed by atoms with Gasteiger partial charge in [0.2, 0.25) is 5.91 Å². The molecule has 1 unspecified atom stereocenters. The number of ether oxygens (including phenoxy) is 2. The van der Waals surface area contributed by atoms with E-state index in [0.29, 0.717) is 24.5 Å². The molecule has 1 saturated carbocycles. The Bertz CT molecular complexity index is 1150. The van der Waals surface area contributed by atoms with Crippen LogP contribution >= 0.6 is 0 Å². The van der Waals surface area contributed by atoms with Gasteiger partial charge in [-0.05, 0) is 48.4 Å². The normalized spacial score (nSPS) is 14.5. The third-order valence-electron chi connectivity index (χ3n) is 6.68. The van der Waals surface area contributed by atoms with Crippen LogP contribution < -0.4 is 14.8 Å². The number of carbonyl (C=O) groups excluding carboxylic acids is 2. The second kappa shape index (κ2) is 11.7. The predicted octanol–water partition coefficient (Wildman–Crippen LogP) is 5.09. The van der Waals surface area contributed by atoms with Crippen molar-refractivity contribution in [3.05, 3.63) is 72.3 Å². The van der Waals surface area contributed by atoms with E-state index < -0.39 is 6.04 Å². The van der Waals surface area contributed by atoms with E-state index in [0.717, 1.165) is 42.0 Å². The van der Waals surface area contributed by atoms with Crippen molar-refractivity contribution in [2.75, 3.05) is 13.7 Å². The number of rotatable bonds is 10. The molecular weight excluding hydrogens is 440 g/mol. The molecule has 1 fully saturated rings. The summed E-state index contributed by atoms with van der Waals surface area (Å²) >= 11 is 0. The summed E-state index contributed by atoms with van der Waals surface area (Å²) < 4.78 is 11.4. The van der Waals surface area contributed by atoms with Crippen LogP contribution in [0.25, 0.3) is 10.8 Å². The van der Waals surface area contributed by atoms with Crippen LogP contribution in [0.5, 0.6) is 11.5 Å². The van der Waals surface area contributed by atoms with E-state index in [1.807, 2.05) is 73.7 Å². The Hall–Kier alpha value is -3.54. The quantitative estimate of drug-likeness (QED) is 0.444. The van der Waals surface area contributed by atoms with Gasteiger partial charge in [-0.15, -0.1) is 0 Å². The van der Waals surface area contributed by atoms with Gasteiger partial charge in [0.25, 0.3) is 5.91 Å². The van der Waals surface area contributed by atoms with E-state index >= 15 is 0 Å². The maximum atomic E-state index is 13.5. The average molecular weight is 475 g/mol. The van der Waals surface area contributed by atoms with Gasteiger partial charge in [-0.25, -0.2) is 0 Å². The summed E-state index contributed by atoms with van der Waals surface area (Å²) in [5, 5.41) is 5.17. The first kappa shape index (κ1) is 24.6. The number of carbonyl (C=O) groups is 2. The van der Waals surface area contributed by atoms with E-state index in [9.17, 15) is 9.59 Å². The van der Waals surface area contributed by atoms with Crippen LogP contribution in [0, 0.1) is 0 Å². The van der Waals surface area contributed by atoms with E-state index in [1.54, 1.807) is 12.0 Å².